The Morgan fingerprint density at radius 1 is 1.67 bits per heavy atom. The Morgan fingerprint density at radius 3 is 2.78 bits per heavy atom. The molecule has 0 bridgehead atoms. The van der Waals surface area contributed by atoms with Crippen LogP contribution in [0.2, 0.25) is 0 Å². The van der Waals surface area contributed by atoms with Crippen LogP contribution in [0.3, 0.4) is 0 Å². The minimum atomic E-state index is 0.678. The number of hydrogen-bond donors (Lipinski definition) is 2. The molecule has 0 aliphatic heterocycles. The molecule has 2 nitrogen and oxygen atoms in total. The largest absolute Gasteiger partial charge is 0.387 e. The second-order valence-corrected chi connectivity index (χ2v) is 3.03. The molecule has 1 aliphatic carbocycles. The van der Waals surface area contributed by atoms with E-state index in [0.29, 0.717) is 6.04 Å². The highest BCUT2D eigenvalue weighted by molar-refractivity contribution is 9.12. The van der Waals surface area contributed by atoms with Crippen molar-refractivity contribution in [1.29, 1.82) is 5.41 Å². The molecule has 9 heavy (non-hydrogen) atoms. The minimum Gasteiger partial charge on any atom is -0.387 e. The van der Waals surface area contributed by atoms with Crippen molar-refractivity contribution in [3.05, 3.63) is 10.7 Å². The summed E-state index contributed by atoms with van der Waals surface area (Å²) in [6.45, 7) is 0. The SMILES string of the molecule is N=C/C(Br)=C\NC1CC1. The van der Waals surface area contributed by atoms with E-state index in [-0.39, 0.29) is 0 Å². The lowest BCUT2D eigenvalue weighted by atomic mass is 10.6. The molecule has 0 heterocycles. The van der Waals surface area contributed by atoms with E-state index in [4.69, 9.17) is 5.41 Å². The van der Waals surface area contributed by atoms with Crippen molar-refractivity contribution in [2.24, 2.45) is 0 Å². The van der Waals surface area contributed by atoms with Gasteiger partial charge in [0.25, 0.3) is 0 Å². The molecule has 0 saturated heterocycles. The highest BCUT2D eigenvalue weighted by atomic mass is 79.9. The lowest BCUT2D eigenvalue weighted by Crippen LogP contribution is -2.07. The van der Waals surface area contributed by atoms with E-state index >= 15 is 0 Å². The number of rotatable bonds is 3. The van der Waals surface area contributed by atoms with E-state index in [2.05, 4.69) is 21.2 Å². The van der Waals surface area contributed by atoms with Gasteiger partial charge >= 0.3 is 0 Å². The van der Waals surface area contributed by atoms with E-state index in [1.54, 1.807) is 0 Å². The fourth-order valence-electron chi connectivity index (χ4n) is 0.489. The minimum absolute atomic E-state index is 0.678. The van der Waals surface area contributed by atoms with Crippen LogP contribution in [-0.2, 0) is 0 Å². The molecule has 0 spiro atoms. The summed E-state index contributed by atoms with van der Waals surface area (Å²) in [5.41, 5.74) is 0. The summed E-state index contributed by atoms with van der Waals surface area (Å²) in [7, 11) is 0. The van der Waals surface area contributed by atoms with Crippen LogP contribution in [0.5, 0.6) is 0 Å². The van der Waals surface area contributed by atoms with Crippen LogP contribution < -0.4 is 5.32 Å². The van der Waals surface area contributed by atoms with Gasteiger partial charge in [0.1, 0.15) is 0 Å². The quantitative estimate of drug-likeness (QED) is 0.650. The third-order valence-electron chi connectivity index (χ3n) is 1.17. The fourth-order valence-corrected chi connectivity index (χ4v) is 0.621. The van der Waals surface area contributed by atoms with Crippen LogP contribution in [0.1, 0.15) is 12.8 Å². The summed E-state index contributed by atoms with van der Waals surface area (Å²) in [4.78, 5) is 0. The Hall–Kier alpha value is -0.310. The first-order chi connectivity index (χ1) is 4.33. The molecule has 0 aromatic carbocycles. The third kappa shape index (κ3) is 2.65. The molecule has 0 amide bonds. The summed E-state index contributed by atoms with van der Waals surface area (Å²) in [5, 5.41) is 9.94. The Labute approximate surface area is 63.0 Å². The number of nitrogens with one attached hydrogen (secondary N) is 2. The summed E-state index contributed by atoms with van der Waals surface area (Å²) in [6, 6.07) is 0.678. The van der Waals surface area contributed by atoms with Gasteiger partial charge in [0, 0.05) is 18.5 Å². The van der Waals surface area contributed by atoms with Crippen LogP contribution >= 0.6 is 15.9 Å². The van der Waals surface area contributed by atoms with Crippen molar-refractivity contribution in [1.82, 2.24) is 5.32 Å². The van der Waals surface area contributed by atoms with Gasteiger partial charge in [0.2, 0.25) is 0 Å². The van der Waals surface area contributed by atoms with Crippen molar-refractivity contribution in [3.63, 3.8) is 0 Å². The molecule has 0 radical (unpaired) electrons. The standard InChI is InChI=1S/C6H9BrN2/c7-5(3-8)4-9-6-1-2-6/h3-4,6,8-9H,1-2H2/b5-4+,8-3?. The van der Waals surface area contributed by atoms with Gasteiger partial charge in [0.15, 0.2) is 0 Å². The molecular weight excluding hydrogens is 180 g/mol. The van der Waals surface area contributed by atoms with Gasteiger partial charge in [-0.25, -0.2) is 0 Å². The van der Waals surface area contributed by atoms with Gasteiger partial charge in [-0.1, -0.05) is 0 Å². The predicted octanol–water partition coefficient (Wildman–Crippen LogP) is 1.62. The summed E-state index contributed by atoms with van der Waals surface area (Å²) in [5.74, 6) is 0. The van der Waals surface area contributed by atoms with Crippen molar-refractivity contribution in [2.75, 3.05) is 0 Å². The molecule has 0 atom stereocenters. The zero-order valence-corrected chi connectivity index (χ0v) is 6.61. The monoisotopic (exact) mass is 188 g/mol. The lowest BCUT2D eigenvalue weighted by molar-refractivity contribution is 0.863. The molecule has 50 valence electrons. The van der Waals surface area contributed by atoms with Crippen LogP contribution in [-0.4, -0.2) is 12.3 Å². The molecule has 0 aromatic rings. The molecule has 1 fully saturated rings. The summed E-state index contributed by atoms with van der Waals surface area (Å²) in [6.07, 6.45) is 5.64. The number of hydrogen-bond acceptors (Lipinski definition) is 2. The lowest BCUT2D eigenvalue weighted by Gasteiger charge is -1.92. The smallest absolute Gasteiger partial charge is 0.0507 e. The van der Waals surface area contributed by atoms with Crippen LogP contribution in [0.4, 0.5) is 0 Å². The summed E-state index contributed by atoms with van der Waals surface area (Å²) >= 11 is 3.19. The zero-order chi connectivity index (χ0) is 6.69. The second-order valence-electron chi connectivity index (χ2n) is 2.11. The maximum atomic E-state index is 6.79. The van der Waals surface area contributed by atoms with E-state index in [1.807, 2.05) is 6.20 Å². The van der Waals surface area contributed by atoms with Crippen LogP contribution in [0.15, 0.2) is 10.7 Å². The Balaban J connectivity index is 2.19. The zero-order valence-electron chi connectivity index (χ0n) is 5.02. The maximum Gasteiger partial charge on any atom is 0.0507 e. The average Bonchev–Trinajstić information content (AvgIpc) is 2.65. The Morgan fingerprint density at radius 2 is 2.33 bits per heavy atom. The fraction of sp³-hybridized carbons (Fsp3) is 0.500. The van der Waals surface area contributed by atoms with Crippen molar-refractivity contribution >= 4 is 22.1 Å². The predicted molar refractivity (Wildman–Crippen MR) is 42.0 cm³/mol. The van der Waals surface area contributed by atoms with Gasteiger partial charge in [-0.3, -0.25) is 0 Å². The molecule has 2 N–H and O–H groups in total. The number of allylic oxidation sites excluding steroid dienone is 1. The molecular formula is C6H9BrN2. The molecule has 0 unspecified atom stereocenters. The maximum absolute atomic E-state index is 6.79. The topological polar surface area (TPSA) is 35.9 Å². The molecule has 1 saturated carbocycles. The second kappa shape index (κ2) is 3.01. The van der Waals surface area contributed by atoms with Crippen molar-refractivity contribution < 1.29 is 0 Å². The first-order valence-corrected chi connectivity index (χ1v) is 3.74. The van der Waals surface area contributed by atoms with E-state index < -0.39 is 0 Å². The molecule has 3 heteroatoms. The van der Waals surface area contributed by atoms with Crippen LogP contribution in [0.25, 0.3) is 0 Å². The first kappa shape index (κ1) is 6.81. The average molecular weight is 189 g/mol. The van der Waals surface area contributed by atoms with Crippen molar-refractivity contribution in [3.8, 4) is 0 Å². The van der Waals surface area contributed by atoms with Crippen molar-refractivity contribution in [2.45, 2.75) is 18.9 Å². The Bertz CT molecular complexity index is 138. The van der Waals surface area contributed by atoms with Gasteiger partial charge in [0.05, 0.1) is 4.48 Å². The normalized spacial score (nSPS) is 19.4. The van der Waals surface area contributed by atoms with Gasteiger partial charge in [-0.2, -0.15) is 0 Å². The Kier molecular flexibility index (Phi) is 2.28. The van der Waals surface area contributed by atoms with E-state index in [9.17, 15) is 0 Å². The molecule has 1 aliphatic rings. The first-order valence-electron chi connectivity index (χ1n) is 2.95. The number of halogens is 1. The van der Waals surface area contributed by atoms with Crippen LogP contribution in [0, 0.1) is 5.41 Å². The highest BCUT2D eigenvalue weighted by Gasteiger charge is 2.18. The highest BCUT2D eigenvalue weighted by Crippen LogP contribution is 2.18. The molecule has 0 aromatic heterocycles. The van der Waals surface area contributed by atoms with E-state index in [0.717, 1.165) is 4.48 Å². The third-order valence-corrected chi connectivity index (χ3v) is 1.63. The molecule has 1 rings (SSSR count). The van der Waals surface area contributed by atoms with E-state index in [1.165, 1.54) is 19.1 Å². The summed E-state index contributed by atoms with van der Waals surface area (Å²) < 4.78 is 0.800. The van der Waals surface area contributed by atoms with Gasteiger partial charge in [-0.15, -0.1) is 0 Å². The van der Waals surface area contributed by atoms with Gasteiger partial charge < -0.3 is 10.7 Å². The van der Waals surface area contributed by atoms with Gasteiger partial charge in [-0.05, 0) is 28.8 Å².